The average Bonchev–Trinajstić information content (AvgIpc) is 2.55. The van der Waals surface area contributed by atoms with Gasteiger partial charge in [0.05, 0.1) is 13.5 Å². The minimum absolute atomic E-state index is 0.179. The van der Waals surface area contributed by atoms with Crippen LogP contribution in [0, 0.1) is 5.92 Å². The molecule has 6 heteroatoms. The summed E-state index contributed by atoms with van der Waals surface area (Å²) < 4.78 is 9.98. The lowest BCUT2D eigenvalue weighted by atomic mass is 9.95. The van der Waals surface area contributed by atoms with Crippen LogP contribution in [-0.4, -0.2) is 67.3 Å². The highest BCUT2D eigenvalue weighted by Crippen LogP contribution is 2.21. The van der Waals surface area contributed by atoms with Crippen molar-refractivity contribution in [1.82, 2.24) is 9.80 Å². The Kier molecular flexibility index (Phi) is 11.5. The van der Waals surface area contributed by atoms with Gasteiger partial charge in [0, 0.05) is 13.1 Å². The second kappa shape index (κ2) is 12.1. The van der Waals surface area contributed by atoms with Gasteiger partial charge in [-0.05, 0) is 59.2 Å². The molecule has 0 aliphatic carbocycles. The zero-order valence-corrected chi connectivity index (χ0v) is 17.3. The van der Waals surface area contributed by atoms with E-state index in [0.717, 1.165) is 12.8 Å². The van der Waals surface area contributed by atoms with Gasteiger partial charge in [0.1, 0.15) is 5.60 Å². The number of hydrogen-bond acceptors (Lipinski definition) is 5. The third-order valence-corrected chi connectivity index (χ3v) is 4.20. The predicted molar refractivity (Wildman–Crippen MR) is 101 cm³/mol. The lowest BCUT2D eigenvalue weighted by Crippen LogP contribution is -2.43. The highest BCUT2D eigenvalue weighted by atomic mass is 16.6. The molecule has 1 aliphatic heterocycles. The van der Waals surface area contributed by atoms with Crippen LogP contribution in [0.3, 0.4) is 0 Å². The third-order valence-electron chi connectivity index (χ3n) is 4.20. The van der Waals surface area contributed by atoms with Crippen LogP contribution >= 0.6 is 0 Å². The number of hydrogen-bond donors (Lipinski definition) is 0. The number of carbonyl (C=O) groups is 2. The van der Waals surface area contributed by atoms with E-state index < -0.39 is 5.60 Å². The number of piperidine rings is 1. The minimum Gasteiger partial charge on any atom is -0.469 e. The smallest absolute Gasteiger partial charge is 0.410 e. The molecule has 1 fully saturated rings. The van der Waals surface area contributed by atoms with Crippen molar-refractivity contribution in [3.8, 4) is 0 Å². The Hall–Kier alpha value is -1.30. The summed E-state index contributed by atoms with van der Waals surface area (Å²) >= 11 is 0. The highest BCUT2D eigenvalue weighted by Gasteiger charge is 2.28. The fourth-order valence-electron chi connectivity index (χ4n) is 2.71. The standard InChI is InChI=1S/C13H23NO4.C6H15N/c1-13(2,3)18-12(16)14-7-5-6-10(9-14)8-11(15)17-4;1-4-7(5-2)6-3/h10H,5-9H2,1-4H3;4-6H2,1-3H3/t10-;/m1./s1. The molecule has 1 heterocycles. The third kappa shape index (κ3) is 11.0. The van der Waals surface area contributed by atoms with Crippen LogP contribution in [0.2, 0.25) is 0 Å². The molecule has 0 aromatic rings. The fourth-order valence-corrected chi connectivity index (χ4v) is 2.71. The molecule has 1 atom stereocenters. The molecule has 0 unspecified atom stereocenters. The molecule has 0 bridgehead atoms. The summed E-state index contributed by atoms with van der Waals surface area (Å²) in [7, 11) is 1.39. The van der Waals surface area contributed by atoms with E-state index in [2.05, 4.69) is 30.4 Å². The fraction of sp³-hybridized carbons (Fsp3) is 0.895. The maximum Gasteiger partial charge on any atom is 0.410 e. The van der Waals surface area contributed by atoms with Crippen LogP contribution in [0.4, 0.5) is 4.79 Å². The Bertz CT molecular complexity index is 384. The molecule has 0 saturated carbocycles. The molecule has 148 valence electrons. The van der Waals surface area contributed by atoms with E-state index in [1.165, 1.54) is 26.7 Å². The van der Waals surface area contributed by atoms with E-state index in [-0.39, 0.29) is 18.0 Å². The summed E-state index contributed by atoms with van der Waals surface area (Å²) in [5.74, 6) is -0.0373. The van der Waals surface area contributed by atoms with Crippen molar-refractivity contribution in [2.45, 2.75) is 66.4 Å². The van der Waals surface area contributed by atoms with Gasteiger partial charge in [-0.2, -0.15) is 0 Å². The largest absolute Gasteiger partial charge is 0.469 e. The molecule has 25 heavy (non-hydrogen) atoms. The monoisotopic (exact) mass is 358 g/mol. The maximum atomic E-state index is 11.9. The predicted octanol–water partition coefficient (Wildman–Crippen LogP) is 3.54. The number of likely N-dealkylation sites (tertiary alicyclic amines) is 1. The molecule has 0 aromatic heterocycles. The van der Waals surface area contributed by atoms with E-state index in [0.29, 0.717) is 19.5 Å². The van der Waals surface area contributed by atoms with Crippen molar-refractivity contribution in [3.63, 3.8) is 0 Å². The second-order valence-corrected chi connectivity index (χ2v) is 7.33. The summed E-state index contributed by atoms with van der Waals surface area (Å²) in [5.41, 5.74) is -0.480. The van der Waals surface area contributed by atoms with E-state index in [1.54, 1.807) is 4.90 Å². The Morgan fingerprint density at radius 2 is 1.68 bits per heavy atom. The van der Waals surface area contributed by atoms with Gasteiger partial charge in [-0.1, -0.05) is 20.8 Å². The van der Waals surface area contributed by atoms with E-state index in [9.17, 15) is 9.59 Å². The summed E-state index contributed by atoms with van der Waals surface area (Å²) in [6, 6.07) is 0. The van der Waals surface area contributed by atoms with Crippen molar-refractivity contribution in [2.75, 3.05) is 39.8 Å². The van der Waals surface area contributed by atoms with Crippen molar-refractivity contribution in [1.29, 1.82) is 0 Å². The number of carbonyl (C=O) groups excluding carboxylic acids is 2. The van der Waals surface area contributed by atoms with Gasteiger partial charge >= 0.3 is 12.1 Å². The molecule has 1 amide bonds. The maximum absolute atomic E-state index is 11.9. The van der Waals surface area contributed by atoms with Gasteiger partial charge in [-0.3, -0.25) is 4.79 Å². The Morgan fingerprint density at radius 1 is 1.12 bits per heavy atom. The van der Waals surface area contributed by atoms with Crippen molar-refractivity contribution in [3.05, 3.63) is 0 Å². The SMILES string of the molecule is CCN(CC)CC.COC(=O)C[C@H]1CCCN(C(=O)OC(C)(C)C)C1. The van der Waals surface area contributed by atoms with Crippen molar-refractivity contribution < 1.29 is 19.1 Å². The normalized spacial score (nSPS) is 17.6. The molecule has 0 spiro atoms. The second-order valence-electron chi connectivity index (χ2n) is 7.33. The molecular formula is C19H38N2O4. The van der Waals surface area contributed by atoms with E-state index in [4.69, 9.17) is 4.74 Å². The van der Waals surface area contributed by atoms with Crippen molar-refractivity contribution >= 4 is 12.1 Å². The molecule has 1 rings (SSSR count). The van der Waals surface area contributed by atoms with Crippen LogP contribution in [0.1, 0.15) is 60.8 Å². The summed E-state index contributed by atoms with van der Waals surface area (Å²) in [6.07, 6.45) is 1.93. The quantitative estimate of drug-likeness (QED) is 0.704. The minimum atomic E-state index is -0.480. The number of esters is 1. The number of nitrogens with zero attached hydrogens (tertiary/aromatic N) is 2. The first kappa shape index (κ1) is 23.7. The highest BCUT2D eigenvalue weighted by molar-refractivity contribution is 5.70. The lowest BCUT2D eigenvalue weighted by Gasteiger charge is -2.33. The topological polar surface area (TPSA) is 59.1 Å². The molecule has 0 radical (unpaired) electrons. The number of methoxy groups -OCH3 is 1. The van der Waals surface area contributed by atoms with Gasteiger partial charge in [0.15, 0.2) is 0 Å². The lowest BCUT2D eigenvalue weighted by molar-refractivity contribution is -0.142. The van der Waals surface area contributed by atoms with Crippen LogP contribution in [0.5, 0.6) is 0 Å². The molecule has 0 aromatic carbocycles. The zero-order valence-electron chi connectivity index (χ0n) is 17.3. The van der Waals surface area contributed by atoms with E-state index in [1.807, 2.05) is 20.8 Å². The molecule has 6 nitrogen and oxygen atoms in total. The first-order chi connectivity index (χ1) is 11.7. The zero-order chi connectivity index (χ0) is 19.5. The molecular weight excluding hydrogens is 320 g/mol. The number of ether oxygens (including phenoxy) is 2. The first-order valence-electron chi connectivity index (χ1n) is 9.43. The van der Waals surface area contributed by atoms with Gasteiger partial charge < -0.3 is 19.3 Å². The van der Waals surface area contributed by atoms with Crippen LogP contribution < -0.4 is 0 Å². The molecule has 1 saturated heterocycles. The van der Waals surface area contributed by atoms with Crippen LogP contribution in [0.15, 0.2) is 0 Å². The Morgan fingerprint density at radius 3 is 2.08 bits per heavy atom. The van der Waals surface area contributed by atoms with Crippen LogP contribution in [0.25, 0.3) is 0 Å². The van der Waals surface area contributed by atoms with Gasteiger partial charge in [0.2, 0.25) is 0 Å². The first-order valence-corrected chi connectivity index (χ1v) is 9.43. The number of amides is 1. The molecule has 0 N–H and O–H groups in total. The van der Waals surface area contributed by atoms with E-state index >= 15 is 0 Å². The van der Waals surface area contributed by atoms with Crippen molar-refractivity contribution in [2.24, 2.45) is 5.92 Å². The summed E-state index contributed by atoms with van der Waals surface area (Å²) in [6.45, 7) is 16.9. The van der Waals surface area contributed by atoms with Crippen LogP contribution in [-0.2, 0) is 14.3 Å². The summed E-state index contributed by atoms with van der Waals surface area (Å²) in [4.78, 5) is 27.2. The average molecular weight is 359 g/mol. The molecule has 1 aliphatic rings. The Balaban J connectivity index is 0.000000697. The summed E-state index contributed by atoms with van der Waals surface area (Å²) in [5, 5.41) is 0. The van der Waals surface area contributed by atoms with Gasteiger partial charge in [0.25, 0.3) is 0 Å². The Labute approximate surface area is 153 Å². The number of rotatable bonds is 5. The van der Waals surface area contributed by atoms with Gasteiger partial charge in [-0.25, -0.2) is 4.79 Å². The van der Waals surface area contributed by atoms with Gasteiger partial charge in [-0.15, -0.1) is 0 Å².